The molecule has 0 saturated heterocycles. The Labute approximate surface area is 127 Å². The van der Waals surface area contributed by atoms with E-state index < -0.39 is 5.97 Å². The minimum absolute atomic E-state index is 0.00221. The third-order valence-electron chi connectivity index (χ3n) is 4.01. The fraction of sp³-hybridized carbons (Fsp3) is 0.875. The van der Waals surface area contributed by atoms with Crippen molar-refractivity contribution in [2.75, 3.05) is 6.54 Å². The second-order valence-electron chi connectivity index (χ2n) is 6.64. The van der Waals surface area contributed by atoms with E-state index in [0.29, 0.717) is 12.5 Å². The van der Waals surface area contributed by atoms with Crippen LogP contribution in [-0.2, 0) is 4.79 Å². The first-order chi connectivity index (χ1) is 9.97. The predicted octanol–water partition coefficient (Wildman–Crippen LogP) is 3.15. The summed E-state index contributed by atoms with van der Waals surface area (Å²) >= 11 is 0. The number of carboxylic acids is 1. The molecule has 0 aromatic heterocycles. The number of hydrogen-bond acceptors (Lipinski definition) is 2. The number of hydrogen-bond donors (Lipinski definition) is 3. The van der Waals surface area contributed by atoms with Crippen molar-refractivity contribution in [2.45, 2.75) is 71.3 Å². The highest BCUT2D eigenvalue weighted by atomic mass is 16.4. The zero-order valence-corrected chi connectivity index (χ0v) is 13.4. The maximum absolute atomic E-state index is 11.9. The molecule has 0 spiro atoms. The van der Waals surface area contributed by atoms with Crippen LogP contribution in [0, 0.1) is 11.8 Å². The molecule has 2 amide bonds. The van der Waals surface area contributed by atoms with Crippen LogP contribution in [0.4, 0.5) is 4.79 Å². The summed E-state index contributed by atoms with van der Waals surface area (Å²) < 4.78 is 0. The summed E-state index contributed by atoms with van der Waals surface area (Å²) in [4.78, 5) is 22.8. The molecule has 5 nitrogen and oxygen atoms in total. The number of aliphatic carboxylic acids is 1. The van der Waals surface area contributed by atoms with Gasteiger partial charge in [0, 0.05) is 19.0 Å². The van der Waals surface area contributed by atoms with Gasteiger partial charge in [-0.15, -0.1) is 0 Å². The zero-order chi connectivity index (χ0) is 15.7. The highest BCUT2D eigenvalue weighted by molar-refractivity contribution is 5.74. The summed E-state index contributed by atoms with van der Waals surface area (Å²) in [7, 11) is 0. The van der Waals surface area contributed by atoms with Crippen LogP contribution in [0.2, 0.25) is 0 Å². The third kappa shape index (κ3) is 8.58. The van der Waals surface area contributed by atoms with Gasteiger partial charge in [0.15, 0.2) is 0 Å². The molecule has 1 rings (SSSR count). The summed E-state index contributed by atoms with van der Waals surface area (Å²) in [6.45, 7) is 4.57. The van der Waals surface area contributed by atoms with Crippen LogP contribution >= 0.6 is 0 Å². The topological polar surface area (TPSA) is 78.4 Å². The normalized spacial score (nSPS) is 18.0. The van der Waals surface area contributed by atoms with Gasteiger partial charge in [0.25, 0.3) is 0 Å². The van der Waals surface area contributed by atoms with Gasteiger partial charge >= 0.3 is 12.0 Å². The van der Waals surface area contributed by atoms with Crippen LogP contribution in [0.25, 0.3) is 0 Å². The van der Waals surface area contributed by atoms with Crippen molar-refractivity contribution in [3.05, 3.63) is 0 Å². The molecule has 5 heteroatoms. The molecule has 1 unspecified atom stereocenters. The Morgan fingerprint density at radius 1 is 1.14 bits per heavy atom. The molecule has 3 N–H and O–H groups in total. The van der Waals surface area contributed by atoms with E-state index in [4.69, 9.17) is 5.11 Å². The SMILES string of the molecule is CC(C)CC(CNC(=O)NC1CCCCCC1)CC(=O)O. The lowest BCUT2D eigenvalue weighted by Gasteiger charge is -2.20. The second kappa shape index (κ2) is 9.64. The third-order valence-corrected chi connectivity index (χ3v) is 4.01. The molecule has 1 atom stereocenters. The number of urea groups is 1. The summed E-state index contributed by atoms with van der Waals surface area (Å²) in [5.41, 5.74) is 0. The van der Waals surface area contributed by atoms with Crippen molar-refractivity contribution in [1.82, 2.24) is 10.6 Å². The van der Waals surface area contributed by atoms with Crippen LogP contribution in [0.3, 0.4) is 0 Å². The van der Waals surface area contributed by atoms with Crippen LogP contribution in [0.5, 0.6) is 0 Å². The molecule has 0 aromatic carbocycles. The number of amides is 2. The van der Waals surface area contributed by atoms with Crippen molar-refractivity contribution in [2.24, 2.45) is 11.8 Å². The van der Waals surface area contributed by atoms with Gasteiger partial charge in [0.05, 0.1) is 0 Å². The molecule has 1 aliphatic carbocycles. The quantitative estimate of drug-likeness (QED) is 0.632. The Bertz CT molecular complexity index is 323. The standard InChI is InChI=1S/C16H30N2O3/c1-12(2)9-13(10-15(19)20)11-17-16(21)18-14-7-5-3-4-6-8-14/h12-14H,3-11H2,1-2H3,(H,19,20)(H2,17,18,21). The van der Waals surface area contributed by atoms with Crippen molar-refractivity contribution < 1.29 is 14.7 Å². The van der Waals surface area contributed by atoms with Crippen molar-refractivity contribution >= 4 is 12.0 Å². The summed E-state index contributed by atoms with van der Waals surface area (Å²) in [5.74, 6) is -0.366. The minimum atomic E-state index is -0.799. The first-order valence-corrected chi connectivity index (χ1v) is 8.23. The van der Waals surface area contributed by atoms with Gasteiger partial charge in [-0.2, -0.15) is 0 Å². The first kappa shape index (κ1) is 17.8. The van der Waals surface area contributed by atoms with E-state index in [2.05, 4.69) is 24.5 Å². The minimum Gasteiger partial charge on any atom is -0.481 e. The van der Waals surface area contributed by atoms with Crippen LogP contribution in [-0.4, -0.2) is 29.7 Å². The average molecular weight is 298 g/mol. The van der Waals surface area contributed by atoms with Gasteiger partial charge in [-0.1, -0.05) is 39.5 Å². The van der Waals surface area contributed by atoms with Crippen molar-refractivity contribution in [1.29, 1.82) is 0 Å². The van der Waals surface area contributed by atoms with E-state index in [1.807, 2.05) is 0 Å². The van der Waals surface area contributed by atoms with Gasteiger partial charge in [-0.25, -0.2) is 4.79 Å². The van der Waals surface area contributed by atoms with Crippen LogP contribution in [0.15, 0.2) is 0 Å². The molecule has 1 saturated carbocycles. The summed E-state index contributed by atoms with van der Waals surface area (Å²) in [6, 6.07) is 0.122. The molecule has 0 radical (unpaired) electrons. The Balaban J connectivity index is 2.32. The molecule has 21 heavy (non-hydrogen) atoms. The predicted molar refractivity (Wildman–Crippen MR) is 83.2 cm³/mol. The molecule has 122 valence electrons. The summed E-state index contributed by atoms with van der Waals surface area (Å²) in [6.07, 6.45) is 7.91. The molecular weight excluding hydrogens is 268 g/mol. The maximum atomic E-state index is 11.9. The first-order valence-electron chi connectivity index (χ1n) is 8.23. The van der Waals surface area contributed by atoms with E-state index >= 15 is 0 Å². The van der Waals surface area contributed by atoms with Gasteiger partial charge in [0.1, 0.15) is 0 Å². The molecular formula is C16H30N2O3. The molecule has 0 bridgehead atoms. The largest absolute Gasteiger partial charge is 0.481 e. The van der Waals surface area contributed by atoms with Gasteiger partial charge in [-0.3, -0.25) is 4.79 Å². The summed E-state index contributed by atoms with van der Waals surface area (Å²) in [5, 5.41) is 14.8. The average Bonchev–Trinajstić information content (AvgIpc) is 2.63. The molecule has 0 aliphatic heterocycles. The fourth-order valence-electron chi connectivity index (χ4n) is 3.05. The number of carbonyl (C=O) groups is 2. The van der Waals surface area contributed by atoms with Crippen molar-refractivity contribution in [3.8, 4) is 0 Å². The molecule has 0 heterocycles. The lowest BCUT2D eigenvalue weighted by Crippen LogP contribution is -2.43. The van der Waals surface area contributed by atoms with E-state index in [-0.39, 0.29) is 24.4 Å². The van der Waals surface area contributed by atoms with Gasteiger partial charge in [0.2, 0.25) is 0 Å². The number of carbonyl (C=O) groups excluding carboxylic acids is 1. The Morgan fingerprint density at radius 3 is 2.29 bits per heavy atom. The van der Waals surface area contributed by atoms with Crippen LogP contribution in [0.1, 0.15) is 65.2 Å². The smallest absolute Gasteiger partial charge is 0.315 e. The Morgan fingerprint density at radius 2 is 1.76 bits per heavy atom. The van der Waals surface area contributed by atoms with Crippen LogP contribution < -0.4 is 10.6 Å². The van der Waals surface area contributed by atoms with Crippen molar-refractivity contribution in [3.63, 3.8) is 0 Å². The lowest BCUT2D eigenvalue weighted by molar-refractivity contribution is -0.138. The number of nitrogens with one attached hydrogen (secondary N) is 2. The van der Waals surface area contributed by atoms with E-state index in [1.54, 1.807) is 0 Å². The Kier molecular flexibility index (Phi) is 8.16. The van der Waals surface area contributed by atoms with Gasteiger partial charge in [-0.05, 0) is 31.1 Å². The second-order valence-corrected chi connectivity index (χ2v) is 6.64. The molecule has 0 aromatic rings. The fourth-order valence-corrected chi connectivity index (χ4v) is 3.05. The zero-order valence-electron chi connectivity index (χ0n) is 13.4. The van der Waals surface area contributed by atoms with E-state index in [0.717, 1.165) is 19.3 Å². The molecule has 1 aliphatic rings. The monoisotopic (exact) mass is 298 g/mol. The molecule has 1 fully saturated rings. The van der Waals surface area contributed by atoms with E-state index in [1.165, 1.54) is 25.7 Å². The highest BCUT2D eigenvalue weighted by Crippen LogP contribution is 2.17. The number of carboxylic acid groups (broad SMARTS) is 1. The lowest BCUT2D eigenvalue weighted by atomic mass is 9.94. The highest BCUT2D eigenvalue weighted by Gasteiger charge is 2.18. The number of rotatable bonds is 7. The maximum Gasteiger partial charge on any atom is 0.315 e. The van der Waals surface area contributed by atoms with E-state index in [9.17, 15) is 9.59 Å². The van der Waals surface area contributed by atoms with Gasteiger partial charge < -0.3 is 15.7 Å². The Hall–Kier alpha value is -1.26.